The van der Waals surface area contributed by atoms with Crippen molar-refractivity contribution in [2.75, 3.05) is 7.05 Å². The second-order valence-corrected chi connectivity index (χ2v) is 7.88. The second kappa shape index (κ2) is 6.32. The molecule has 0 aliphatic carbocycles. The van der Waals surface area contributed by atoms with Crippen LogP contribution in [0.3, 0.4) is 0 Å². The predicted molar refractivity (Wildman–Crippen MR) is 94.1 cm³/mol. The Morgan fingerprint density at radius 1 is 0.913 bits per heavy atom. The molecule has 0 aliphatic rings. The highest BCUT2D eigenvalue weighted by atomic mass is 35.5. The Morgan fingerprint density at radius 3 is 2.39 bits per heavy atom. The Hall–Kier alpha value is -1.88. The van der Waals surface area contributed by atoms with E-state index in [-0.39, 0.29) is 6.54 Å². The molecule has 0 saturated heterocycles. The van der Waals surface area contributed by atoms with Crippen molar-refractivity contribution in [1.82, 2.24) is 4.31 Å². The molecule has 0 amide bonds. The monoisotopic (exact) mass is 345 g/mol. The minimum absolute atomic E-state index is 0.274. The molecule has 3 aromatic rings. The maximum atomic E-state index is 12.8. The Balaban J connectivity index is 1.92. The zero-order valence-electron chi connectivity index (χ0n) is 12.6. The first-order chi connectivity index (χ1) is 11.0. The first-order valence-corrected chi connectivity index (χ1v) is 8.98. The van der Waals surface area contributed by atoms with E-state index in [0.717, 1.165) is 16.3 Å². The second-order valence-electron chi connectivity index (χ2n) is 5.40. The molecule has 23 heavy (non-hydrogen) atoms. The van der Waals surface area contributed by atoms with Gasteiger partial charge in [0.2, 0.25) is 10.0 Å². The van der Waals surface area contributed by atoms with Gasteiger partial charge in [-0.2, -0.15) is 4.31 Å². The van der Waals surface area contributed by atoms with Crippen molar-refractivity contribution in [3.63, 3.8) is 0 Å². The van der Waals surface area contributed by atoms with Crippen LogP contribution in [0.15, 0.2) is 71.6 Å². The normalized spacial score (nSPS) is 12.0. The zero-order chi connectivity index (χ0) is 16.4. The quantitative estimate of drug-likeness (QED) is 0.706. The average molecular weight is 346 g/mol. The summed E-state index contributed by atoms with van der Waals surface area (Å²) in [7, 11) is -1.98. The topological polar surface area (TPSA) is 37.4 Å². The van der Waals surface area contributed by atoms with Crippen molar-refractivity contribution in [2.45, 2.75) is 11.4 Å². The van der Waals surface area contributed by atoms with Crippen LogP contribution in [0.5, 0.6) is 0 Å². The van der Waals surface area contributed by atoms with Crippen LogP contribution in [0.4, 0.5) is 0 Å². The summed E-state index contributed by atoms with van der Waals surface area (Å²) in [5, 5.41) is 2.52. The molecule has 0 fully saturated rings. The first kappa shape index (κ1) is 16.0. The molecule has 0 unspecified atom stereocenters. The fourth-order valence-electron chi connectivity index (χ4n) is 2.49. The van der Waals surface area contributed by atoms with Crippen LogP contribution < -0.4 is 0 Å². The lowest BCUT2D eigenvalue weighted by atomic mass is 10.1. The van der Waals surface area contributed by atoms with Gasteiger partial charge in [-0.25, -0.2) is 8.42 Å². The van der Waals surface area contributed by atoms with Gasteiger partial charge in [-0.15, -0.1) is 0 Å². The maximum absolute atomic E-state index is 12.8. The smallest absolute Gasteiger partial charge is 0.207 e. The maximum Gasteiger partial charge on any atom is 0.243 e. The summed E-state index contributed by atoms with van der Waals surface area (Å²) in [5.41, 5.74) is 0.851. The van der Waals surface area contributed by atoms with E-state index in [1.54, 1.807) is 31.3 Å². The fraction of sp³-hybridized carbons (Fsp3) is 0.111. The summed E-state index contributed by atoms with van der Waals surface area (Å²) in [5.74, 6) is 0. The molecule has 3 rings (SSSR count). The number of sulfonamides is 1. The first-order valence-electron chi connectivity index (χ1n) is 7.16. The van der Waals surface area contributed by atoms with E-state index < -0.39 is 10.0 Å². The SMILES string of the molecule is CN(Cc1cccc(Cl)c1)S(=O)(=O)c1ccc2ccccc2c1. The van der Waals surface area contributed by atoms with E-state index in [1.807, 2.05) is 42.5 Å². The summed E-state index contributed by atoms with van der Waals surface area (Å²) < 4.78 is 26.9. The van der Waals surface area contributed by atoms with Gasteiger partial charge in [0.15, 0.2) is 0 Å². The minimum atomic E-state index is -3.55. The van der Waals surface area contributed by atoms with E-state index in [4.69, 9.17) is 11.6 Å². The summed E-state index contributed by atoms with van der Waals surface area (Å²) >= 11 is 5.96. The summed E-state index contributed by atoms with van der Waals surface area (Å²) in [6.45, 7) is 0.274. The third-order valence-electron chi connectivity index (χ3n) is 3.72. The van der Waals surface area contributed by atoms with Gasteiger partial charge in [0.25, 0.3) is 0 Å². The van der Waals surface area contributed by atoms with Gasteiger partial charge in [-0.3, -0.25) is 0 Å². The van der Waals surface area contributed by atoms with Gasteiger partial charge >= 0.3 is 0 Å². The summed E-state index contributed by atoms with van der Waals surface area (Å²) in [4.78, 5) is 0.292. The van der Waals surface area contributed by atoms with Gasteiger partial charge in [0.05, 0.1) is 4.90 Å². The number of benzene rings is 3. The van der Waals surface area contributed by atoms with Gasteiger partial charge in [0, 0.05) is 18.6 Å². The summed E-state index contributed by atoms with van der Waals surface area (Å²) in [6.07, 6.45) is 0. The molecule has 118 valence electrons. The number of halogens is 1. The predicted octanol–water partition coefficient (Wildman–Crippen LogP) is 4.31. The van der Waals surface area contributed by atoms with Crippen LogP contribution in [0.1, 0.15) is 5.56 Å². The fourth-order valence-corrected chi connectivity index (χ4v) is 3.89. The van der Waals surface area contributed by atoms with Crippen LogP contribution in [-0.2, 0) is 16.6 Å². The molecule has 3 aromatic carbocycles. The van der Waals surface area contributed by atoms with Gasteiger partial charge in [0.1, 0.15) is 0 Å². The number of fused-ring (bicyclic) bond motifs is 1. The van der Waals surface area contributed by atoms with E-state index in [1.165, 1.54) is 4.31 Å². The van der Waals surface area contributed by atoms with E-state index in [9.17, 15) is 8.42 Å². The molecule has 0 radical (unpaired) electrons. The number of rotatable bonds is 4. The van der Waals surface area contributed by atoms with Crippen LogP contribution in [-0.4, -0.2) is 19.8 Å². The van der Waals surface area contributed by atoms with Crippen LogP contribution in [0, 0.1) is 0 Å². The van der Waals surface area contributed by atoms with Gasteiger partial charge < -0.3 is 0 Å². The average Bonchev–Trinajstić information content (AvgIpc) is 2.54. The highest BCUT2D eigenvalue weighted by Gasteiger charge is 2.21. The van der Waals surface area contributed by atoms with Crippen molar-refractivity contribution in [2.24, 2.45) is 0 Å². The molecule has 0 aliphatic heterocycles. The number of hydrogen-bond donors (Lipinski definition) is 0. The number of nitrogens with zero attached hydrogens (tertiary/aromatic N) is 1. The molecular formula is C18H16ClNO2S. The highest BCUT2D eigenvalue weighted by molar-refractivity contribution is 7.89. The standard InChI is InChI=1S/C18H16ClNO2S/c1-20(13-14-5-4-8-17(19)11-14)23(21,22)18-10-9-15-6-2-3-7-16(15)12-18/h2-12H,13H2,1H3. The van der Waals surface area contributed by atoms with Crippen molar-refractivity contribution in [1.29, 1.82) is 0 Å². The molecule has 0 bridgehead atoms. The zero-order valence-corrected chi connectivity index (χ0v) is 14.2. The summed E-state index contributed by atoms with van der Waals surface area (Å²) in [6, 6.07) is 20.1. The molecule has 5 heteroatoms. The van der Waals surface area contributed by atoms with Crippen LogP contribution in [0.25, 0.3) is 10.8 Å². The highest BCUT2D eigenvalue weighted by Crippen LogP contribution is 2.22. The van der Waals surface area contributed by atoms with Crippen molar-refractivity contribution >= 4 is 32.4 Å². The molecule has 0 N–H and O–H groups in total. The van der Waals surface area contributed by atoms with Gasteiger partial charge in [-0.05, 0) is 40.6 Å². The third kappa shape index (κ3) is 3.39. The van der Waals surface area contributed by atoms with Crippen LogP contribution >= 0.6 is 11.6 Å². The molecule has 0 spiro atoms. The Bertz CT molecular complexity index is 954. The largest absolute Gasteiger partial charge is 0.243 e. The van der Waals surface area contributed by atoms with E-state index in [2.05, 4.69) is 0 Å². The lowest BCUT2D eigenvalue weighted by Crippen LogP contribution is -2.26. The van der Waals surface area contributed by atoms with Crippen molar-refractivity contribution < 1.29 is 8.42 Å². The molecule has 0 aromatic heterocycles. The molecule has 0 atom stereocenters. The van der Waals surface area contributed by atoms with Crippen molar-refractivity contribution in [3.8, 4) is 0 Å². The lowest BCUT2D eigenvalue weighted by Gasteiger charge is -2.18. The van der Waals surface area contributed by atoms with E-state index >= 15 is 0 Å². The Kier molecular flexibility index (Phi) is 4.39. The Morgan fingerprint density at radius 2 is 1.65 bits per heavy atom. The Labute approximate surface area is 141 Å². The molecular weight excluding hydrogens is 330 g/mol. The minimum Gasteiger partial charge on any atom is -0.207 e. The van der Waals surface area contributed by atoms with Crippen LogP contribution in [0.2, 0.25) is 5.02 Å². The van der Waals surface area contributed by atoms with Gasteiger partial charge in [-0.1, -0.05) is 54.1 Å². The molecule has 0 heterocycles. The van der Waals surface area contributed by atoms with E-state index in [0.29, 0.717) is 9.92 Å². The lowest BCUT2D eigenvalue weighted by molar-refractivity contribution is 0.467. The molecule has 3 nitrogen and oxygen atoms in total. The van der Waals surface area contributed by atoms with Crippen molar-refractivity contribution in [3.05, 3.63) is 77.3 Å². The third-order valence-corrected chi connectivity index (χ3v) is 5.76. The number of hydrogen-bond acceptors (Lipinski definition) is 2. The molecule has 0 saturated carbocycles.